The minimum atomic E-state index is 0.253. The summed E-state index contributed by atoms with van der Waals surface area (Å²) < 4.78 is 0. The number of anilines is 2. The molecule has 90 valence electrons. The van der Waals surface area contributed by atoms with Gasteiger partial charge in [-0.15, -0.1) is 0 Å². The monoisotopic (exact) mass is 242 g/mol. The van der Waals surface area contributed by atoms with E-state index in [0.717, 1.165) is 24.5 Å². The van der Waals surface area contributed by atoms with Crippen LogP contribution in [0.15, 0.2) is 0 Å². The van der Waals surface area contributed by atoms with Gasteiger partial charge in [0.05, 0.1) is 11.4 Å². The van der Waals surface area contributed by atoms with Gasteiger partial charge in [0.2, 0.25) is 5.28 Å². The fraction of sp³-hybridized carbons (Fsp3) is 0.636. The number of hydrogen-bond donors (Lipinski definition) is 1. The summed E-state index contributed by atoms with van der Waals surface area (Å²) in [6, 6.07) is 0.387. The molecule has 0 radical (unpaired) electrons. The Hall–Kier alpha value is -1.03. The highest BCUT2D eigenvalue weighted by atomic mass is 35.5. The van der Waals surface area contributed by atoms with Gasteiger partial charge in [-0.2, -0.15) is 4.98 Å². The Morgan fingerprint density at radius 1 is 1.38 bits per heavy atom. The summed E-state index contributed by atoms with van der Waals surface area (Å²) in [4.78, 5) is 10.4. The molecule has 2 N–H and O–H groups in total. The lowest BCUT2D eigenvalue weighted by atomic mass is 10.2. The summed E-state index contributed by atoms with van der Waals surface area (Å²) in [5.41, 5.74) is 7.35. The molecular formula is C11H19ClN4. The number of nitrogen functional groups attached to an aromatic ring is 1. The van der Waals surface area contributed by atoms with E-state index in [-0.39, 0.29) is 5.28 Å². The Labute approximate surface area is 102 Å². The molecule has 0 aliphatic heterocycles. The molecule has 1 atom stereocenters. The summed E-state index contributed by atoms with van der Waals surface area (Å²) in [7, 11) is 0. The first-order chi connectivity index (χ1) is 7.51. The van der Waals surface area contributed by atoms with Gasteiger partial charge in [0.15, 0.2) is 5.82 Å². The molecule has 0 saturated heterocycles. The molecule has 0 saturated carbocycles. The van der Waals surface area contributed by atoms with Crippen LogP contribution < -0.4 is 10.6 Å². The van der Waals surface area contributed by atoms with E-state index in [2.05, 4.69) is 35.6 Å². The molecule has 1 heterocycles. The van der Waals surface area contributed by atoms with Crippen molar-refractivity contribution in [3.05, 3.63) is 11.0 Å². The number of aryl methyl sites for hydroxylation is 1. The van der Waals surface area contributed by atoms with Crippen LogP contribution in [0.1, 0.15) is 32.9 Å². The maximum atomic E-state index is 6.00. The first kappa shape index (κ1) is 13.0. The smallest absolute Gasteiger partial charge is 0.224 e. The fourth-order valence-corrected chi connectivity index (χ4v) is 1.85. The van der Waals surface area contributed by atoms with Crippen LogP contribution in [-0.4, -0.2) is 22.6 Å². The minimum Gasteiger partial charge on any atom is -0.394 e. The number of hydrogen-bond acceptors (Lipinski definition) is 4. The van der Waals surface area contributed by atoms with Crippen LogP contribution in [0.4, 0.5) is 11.5 Å². The molecular weight excluding hydrogens is 224 g/mol. The second-order valence-electron chi connectivity index (χ2n) is 3.86. The van der Waals surface area contributed by atoms with Gasteiger partial charge < -0.3 is 10.6 Å². The van der Waals surface area contributed by atoms with E-state index in [0.29, 0.717) is 11.7 Å². The van der Waals surface area contributed by atoms with Gasteiger partial charge in [-0.3, -0.25) is 0 Å². The molecule has 4 nitrogen and oxygen atoms in total. The summed E-state index contributed by atoms with van der Waals surface area (Å²) in [5, 5.41) is 0.253. The van der Waals surface area contributed by atoms with E-state index < -0.39 is 0 Å². The lowest BCUT2D eigenvalue weighted by molar-refractivity contribution is 0.623. The van der Waals surface area contributed by atoms with Crippen molar-refractivity contribution in [2.75, 3.05) is 17.2 Å². The van der Waals surface area contributed by atoms with Crippen molar-refractivity contribution in [1.29, 1.82) is 0 Å². The van der Waals surface area contributed by atoms with Crippen molar-refractivity contribution < 1.29 is 0 Å². The van der Waals surface area contributed by atoms with Crippen molar-refractivity contribution in [2.24, 2.45) is 0 Å². The van der Waals surface area contributed by atoms with Crippen molar-refractivity contribution in [1.82, 2.24) is 9.97 Å². The van der Waals surface area contributed by atoms with Crippen LogP contribution >= 0.6 is 11.6 Å². The molecule has 0 spiro atoms. The van der Waals surface area contributed by atoms with Crippen LogP contribution in [0.2, 0.25) is 5.28 Å². The topological polar surface area (TPSA) is 55.0 Å². The number of halogens is 1. The number of nitrogens with two attached hydrogens (primary N) is 1. The quantitative estimate of drug-likeness (QED) is 0.825. The molecule has 5 heteroatoms. The van der Waals surface area contributed by atoms with E-state index in [9.17, 15) is 0 Å². The van der Waals surface area contributed by atoms with E-state index >= 15 is 0 Å². The standard InChI is InChI=1S/C11H19ClN4/c1-5-7(3)16(6-2)10-9(13)8(4)14-11(12)15-10/h7H,5-6,13H2,1-4H3. The van der Waals surface area contributed by atoms with Crippen LogP contribution in [0.5, 0.6) is 0 Å². The molecule has 0 bridgehead atoms. The summed E-state index contributed by atoms with van der Waals surface area (Å²) >= 11 is 5.87. The Balaban J connectivity index is 3.19. The molecule has 0 amide bonds. The van der Waals surface area contributed by atoms with Gasteiger partial charge in [-0.1, -0.05) is 6.92 Å². The lowest BCUT2D eigenvalue weighted by Gasteiger charge is -2.29. The third kappa shape index (κ3) is 2.55. The van der Waals surface area contributed by atoms with Gasteiger partial charge in [0.1, 0.15) is 0 Å². The Morgan fingerprint density at radius 3 is 2.50 bits per heavy atom. The average Bonchev–Trinajstić information content (AvgIpc) is 2.25. The third-order valence-electron chi connectivity index (χ3n) is 2.82. The van der Waals surface area contributed by atoms with Crippen molar-refractivity contribution >= 4 is 23.1 Å². The fourth-order valence-electron chi connectivity index (χ4n) is 1.64. The zero-order chi connectivity index (χ0) is 12.3. The molecule has 0 aliphatic rings. The second-order valence-corrected chi connectivity index (χ2v) is 4.20. The molecule has 1 aromatic rings. The zero-order valence-corrected chi connectivity index (χ0v) is 11.0. The van der Waals surface area contributed by atoms with Gasteiger partial charge in [0, 0.05) is 12.6 Å². The van der Waals surface area contributed by atoms with Crippen molar-refractivity contribution in [3.8, 4) is 0 Å². The molecule has 1 rings (SSSR count). The Bertz CT molecular complexity index is 367. The normalized spacial score (nSPS) is 12.6. The van der Waals surface area contributed by atoms with Gasteiger partial charge in [-0.05, 0) is 38.8 Å². The Morgan fingerprint density at radius 2 is 2.00 bits per heavy atom. The highest BCUT2D eigenvalue weighted by Crippen LogP contribution is 2.26. The maximum Gasteiger partial charge on any atom is 0.224 e. The summed E-state index contributed by atoms with van der Waals surface area (Å²) in [5.74, 6) is 0.745. The highest BCUT2D eigenvalue weighted by Gasteiger charge is 2.17. The van der Waals surface area contributed by atoms with Crippen LogP contribution in [0.3, 0.4) is 0 Å². The predicted molar refractivity (Wildman–Crippen MR) is 69.0 cm³/mol. The van der Waals surface area contributed by atoms with Crippen LogP contribution in [-0.2, 0) is 0 Å². The van der Waals surface area contributed by atoms with Crippen LogP contribution in [0.25, 0.3) is 0 Å². The molecule has 1 unspecified atom stereocenters. The third-order valence-corrected chi connectivity index (χ3v) is 2.99. The SMILES string of the molecule is CCC(C)N(CC)c1nc(Cl)nc(C)c1N. The van der Waals surface area contributed by atoms with Gasteiger partial charge >= 0.3 is 0 Å². The first-order valence-corrected chi connectivity index (χ1v) is 5.95. The highest BCUT2D eigenvalue weighted by molar-refractivity contribution is 6.28. The first-order valence-electron chi connectivity index (χ1n) is 5.57. The van der Waals surface area contributed by atoms with E-state index in [4.69, 9.17) is 17.3 Å². The molecule has 0 fully saturated rings. The lowest BCUT2D eigenvalue weighted by Crippen LogP contribution is -2.34. The van der Waals surface area contributed by atoms with E-state index in [1.807, 2.05) is 6.92 Å². The number of aromatic nitrogens is 2. The number of nitrogens with zero attached hydrogens (tertiary/aromatic N) is 3. The van der Waals surface area contributed by atoms with Crippen molar-refractivity contribution in [3.63, 3.8) is 0 Å². The zero-order valence-electron chi connectivity index (χ0n) is 10.3. The molecule has 1 aromatic heterocycles. The van der Waals surface area contributed by atoms with Crippen LogP contribution in [0, 0.1) is 6.92 Å². The largest absolute Gasteiger partial charge is 0.394 e. The number of rotatable bonds is 4. The van der Waals surface area contributed by atoms with Gasteiger partial charge in [0.25, 0.3) is 0 Å². The predicted octanol–water partition coefficient (Wildman–Crippen LogP) is 2.65. The molecule has 0 aliphatic carbocycles. The Kier molecular flexibility index (Phi) is 4.35. The second kappa shape index (κ2) is 5.34. The van der Waals surface area contributed by atoms with Crippen molar-refractivity contribution in [2.45, 2.75) is 40.2 Å². The maximum absolute atomic E-state index is 6.00. The molecule has 16 heavy (non-hydrogen) atoms. The summed E-state index contributed by atoms with van der Waals surface area (Å²) in [6.07, 6.45) is 1.04. The molecule has 0 aromatic carbocycles. The van der Waals surface area contributed by atoms with E-state index in [1.165, 1.54) is 0 Å². The minimum absolute atomic E-state index is 0.253. The average molecular weight is 243 g/mol. The van der Waals surface area contributed by atoms with E-state index in [1.54, 1.807) is 0 Å². The summed E-state index contributed by atoms with van der Waals surface area (Å²) in [6.45, 7) is 9.06. The van der Waals surface area contributed by atoms with Gasteiger partial charge in [-0.25, -0.2) is 4.98 Å².